The van der Waals surface area contributed by atoms with E-state index in [1.54, 1.807) is 0 Å². The van der Waals surface area contributed by atoms with Crippen LogP contribution in [-0.4, -0.2) is 28.6 Å². The number of aryl methyl sites for hydroxylation is 2. The number of aliphatic carboxylic acids is 1. The largest absolute Gasteiger partial charge is 0.480 e. The average molecular weight is 300 g/mol. The van der Waals surface area contributed by atoms with Gasteiger partial charge in [0.1, 0.15) is 6.04 Å². The van der Waals surface area contributed by atoms with Gasteiger partial charge in [0.05, 0.1) is 0 Å². The summed E-state index contributed by atoms with van der Waals surface area (Å²) in [7, 11) is 0. The van der Waals surface area contributed by atoms with Crippen LogP contribution in [0.4, 0.5) is 0 Å². The third kappa shape index (κ3) is 3.02. The fraction of sp³-hybridized carbons (Fsp3) is 0.500. The Labute approximate surface area is 130 Å². The summed E-state index contributed by atoms with van der Waals surface area (Å²) < 4.78 is 0. The van der Waals surface area contributed by atoms with Crippen LogP contribution in [0.1, 0.15) is 42.9 Å². The monoisotopic (exact) mass is 300 g/mol. The van der Waals surface area contributed by atoms with Crippen LogP contribution in [0.15, 0.2) is 18.3 Å². The van der Waals surface area contributed by atoms with Gasteiger partial charge in [0.15, 0.2) is 0 Å². The molecule has 1 aliphatic rings. The molecule has 4 nitrogen and oxygen atoms in total. The van der Waals surface area contributed by atoms with Gasteiger partial charge in [-0.1, -0.05) is 13.3 Å². The number of carbonyl (C=O) groups is 1. The molecule has 1 unspecified atom stereocenters. The summed E-state index contributed by atoms with van der Waals surface area (Å²) in [6, 6.07) is 4.03. The third-order valence-electron chi connectivity index (χ3n) is 4.65. The lowest BCUT2D eigenvalue weighted by molar-refractivity contribution is -0.139. The van der Waals surface area contributed by atoms with E-state index in [-0.39, 0.29) is 0 Å². The molecule has 1 aromatic heterocycles. The second kappa shape index (κ2) is 6.53. The molecule has 2 aromatic rings. The number of fused-ring (bicyclic) bond motifs is 2. The summed E-state index contributed by atoms with van der Waals surface area (Å²) in [5, 5.41) is 13.6. The Morgan fingerprint density at radius 3 is 2.68 bits per heavy atom. The maximum absolute atomic E-state index is 11.4. The van der Waals surface area contributed by atoms with Crippen molar-refractivity contribution >= 4 is 16.9 Å². The summed E-state index contributed by atoms with van der Waals surface area (Å²) in [6.45, 7) is 2.60. The second-order valence-electron chi connectivity index (χ2n) is 6.19. The zero-order valence-electron chi connectivity index (χ0n) is 13.1. The number of benzene rings is 1. The molecule has 4 heteroatoms. The van der Waals surface area contributed by atoms with Crippen molar-refractivity contribution in [1.82, 2.24) is 10.3 Å². The van der Waals surface area contributed by atoms with Crippen LogP contribution in [-0.2, 0) is 24.1 Å². The molecule has 1 atom stereocenters. The van der Waals surface area contributed by atoms with E-state index in [0.29, 0.717) is 13.0 Å². The minimum absolute atomic E-state index is 0.516. The van der Waals surface area contributed by atoms with Gasteiger partial charge in [-0.2, -0.15) is 0 Å². The van der Waals surface area contributed by atoms with Gasteiger partial charge in [-0.15, -0.1) is 0 Å². The van der Waals surface area contributed by atoms with E-state index in [4.69, 9.17) is 0 Å². The van der Waals surface area contributed by atoms with Gasteiger partial charge < -0.3 is 15.4 Å². The molecular weight excluding hydrogens is 276 g/mol. The predicted octanol–water partition coefficient (Wildman–Crippen LogP) is 3.04. The molecule has 1 heterocycles. The van der Waals surface area contributed by atoms with Crippen molar-refractivity contribution in [3.05, 3.63) is 35.0 Å². The zero-order valence-corrected chi connectivity index (χ0v) is 13.1. The van der Waals surface area contributed by atoms with E-state index in [1.807, 2.05) is 13.1 Å². The molecule has 0 bridgehead atoms. The second-order valence-corrected chi connectivity index (χ2v) is 6.19. The van der Waals surface area contributed by atoms with Crippen molar-refractivity contribution in [3.63, 3.8) is 0 Å². The number of rotatable bonds is 5. The number of likely N-dealkylation sites (N-methyl/N-ethyl adjacent to an activating group) is 1. The van der Waals surface area contributed by atoms with E-state index in [9.17, 15) is 9.90 Å². The Bertz CT molecular complexity index is 675. The number of H-pyrrole nitrogens is 1. The van der Waals surface area contributed by atoms with E-state index >= 15 is 0 Å². The normalized spacial score (nSPS) is 16.2. The van der Waals surface area contributed by atoms with Gasteiger partial charge in [-0.25, -0.2) is 0 Å². The number of nitrogens with one attached hydrogen (secondary N) is 2. The molecule has 0 saturated heterocycles. The molecule has 0 aliphatic heterocycles. The summed E-state index contributed by atoms with van der Waals surface area (Å²) in [5.41, 5.74) is 5.13. The van der Waals surface area contributed by atoms with Crippen molar-refractivity contribution in [1.29, 1.82) is 0 Å². The number of hydrogen-bond acceptors (Lipinski definition) is 2. The van der Waals surface area contributed by atoms with E-state index in [2.05, 4.69) is 22.4 Å². The predicted molar refractivity (Wildman–Crippen MR) is 88.4 cm³/mol. The fourth-order valence-electron chi connectivity index (χ4n) is 3.47. The highest BCUT2D eigenvalue weighted by molar-refractivity contribution is 5.86. The van der Waals surface area contributed by atoms with Crippen LogP contribution >= 0.6 is 0 Å². The fourth-order valence-corrected chi connectivity index (χ4v) is 3.47. The Morgan fingerprint density at radius 2 is 2.00 bits per heavy atom. The molecule has 0 spiro atoms. The quantitative estimate of drug-likeness (QED) is 0.744. The number of hydrogen-bond donors (Lipinski definition) is 3. The molecule has 118 valence electrons. The lowest BCUT2D eigenvalue weighted by Crippen LogP contribution is -2.38. The van der Waals surface area contributed by atoms with Gasteiger partial charge in [0.25, 0.3) is 0 Å². The summed E-state index contributed by atoms with van der Waals surface area (Å²) in [5.74, 6) is -0.786. The van der Waals surface area contributed by atoms with Crippen molar-refractivity contribution in [2.45, 2.75) is 51.5 Å². The van der Waals surface area contributed by atoms with Crippen LogP contribution in [0.3, 0.4) is 0 Å². The molecule has 0 radical (unpaired) electrons. The number of aromatic nitrogens is 1. The van der Waals surface area contributed by atoms with Crippen LogP contribution in [0.5, 0.6) is 0 Å². The SMILES string of the molecule is CCNC(Cc1c[nH]c2cc3c(cc12)CCCCC3)C(=O)O. The van der Waals surface area contributed by atoms with Gasteiger partial charge >= 0.3 is 5.97 Å². The van der Waals surface area contributed by atoms with Gasteiger partial charge in [0, 0.05) is 23.5 Å². The van der Waals surface area contributed by atoms with E-state index in [0.717, 1.165) is 23.9 Å². The number of carboxylic acid groups (broad SMARTS) is 1. The minimum Gasteiger partial charge on any atom is -0.480 e. The molecule has 1 aromatic carbocycles. The maximum Gasteiger partial charge on any atom is 0.321 e. The smallest absolute Gasteiger partial charge is 0.321 e. The highest BCUT2D eigenvalue weighted by Crippen LogP contribution is 2.28. The van der Waals surface area contributed by atoms with E-state index in [1.165, 1.54) is 35.8 Å². The van der Waals surface area contributed by atoms with Gasteiger partial charge in [-0.3, -0.25) is 4.79 Å². The first kappa shape index (κ1) is 15.1. The van der Waals surface area contributed by atoms with Crippen molar-refractivity contribution in [3.8, 4) is 0 Å². The van der Waals surface area contributed by atoms with Crippen LogP contribution in [0, 0.1) is 0 Å². The molecule has 1 aliphatic carbocycles. The Balaban J connectivity index is 1.94. The summed E-state index contributed by atoms with van der Waals surface area (Å²) in [6.07, 6.45) is 8.62. The van der Waals surface area contributed by atoms with Crippen LogP contribution in [0.2, 0.25) is 0 Å². The minimum atomic E-state index is -0.786. The number of aromatic amines is 1. The molecule has 0 fully saturated rings. The third-order valence-corrected chi connectivity index (χ3v) is 4.65. The van der Waals surface area contributed by atoms with Crippen molar-refractivity contribution in [2.75, 3.05) is 6.54 Å². The molecule has 0 saturated carbocycles. The first-order valence-corrected chi connectivity index (χ1v) is 8.27. The lowest BCUT2D eigenvalue weighted by atomic mass is 9.97. The number of carboxylic acids is 1. The molecule has 3 N–H and O–H groups in total. The van der Waals surface area contributed by atoms with E-state index < -0.39 is 12.0 Å². The molecule has 0 amide bonds. The maximum atomic E-state index is 11.4. The van der Waals surface area contributed by atoms with Crippen molar-refractivity contribution in [2.24, 2.45) is 0 Å². The average Bonchev–Trinajstić information content (AvgIpc) is 2.73. The zero-order chi connectivity index (χ0) is 15.5. The molecule has 22 heavy (non-hydrogen) atoms. The Kier molecular flexibility index (Phi) is 4.48. The Hall–Kier alpha value is -1.81. The first-order valence-electron chi connectivity index (χ1n) is 8.27. The highest BCUT2D eigenvalue weighted by atomic mass is 16.4. The molecular formula is C18H24N2O2. The van der Waals surface area contributed by atoms with Crippen molar-refractivity contribution < 1.29 is 9.90 Å². The topological polar surface area (TPSA) is 65.1 Å². The lowest BCUT2D eigenvalue weighted by Gasteiger charge is -2.13. The standard InChI is InChI=1S/C18H24N2O2/c1-2-19-17(18(21)22)10-14-11-20-16-9-13-7-5-3-4-6-12(13)8-15(14)16/h8-9,11,17,19-20H,2-7,10H2,1H3,(H,21,22). The molecule has 3 rings (SSSR count). The summed E-state index contributed by atoms with van der Waals surface area (Å²) >= 11 is 0. The van der Waals surface area contributed by atoms with Gasteiger partial charge in [0.2, 0.25) is 0 Å². The highest BCUT2D eigenvalue weighted by Gasteiger charge is 2.19. The van der Waals surface area contributed by atoms with Gasteiger partial charge in [-0.05, 0) is 61.1 Å². The Morgan fingerprint density at radius 1 is 1.27 bits per heavy atom. The van der Waals surface area contributed by atoms with Crippen LogP contribution < -0.4 is 5.32 Å². The van der Waals surface area contributed by atoms with Crippen LogP contribution in [0.25, 0.3) is 10.9 Å². The first-order chi connectivity index (χ1) is 10.7. The summed E-state index contributed by atoms with van der Waals surface area (Å²) in [4.78, 5) is 14.7.